The fourth-order valence-corrected chi connectivity index (χ4v) is 2.97. The van der Waals surface area contributed by atoms with Crippen LogP contribution in [-0.4, -0.2) is 94.0 Å². The van der Waals surface area contributed by atoms with Crippen molar-refractivity contribution >= 4 is 23.0 Å². The van der Waals surface area contributed by atoms with Gasteiger partial charge in [0.1, 0.15) is 19.0 Å². The molecule has 0 spiro atoms. The van der Waals surface area contributed by atoms with Gasteiger partial charge in [-0.1, -0.05) is 18.2 Å². The molecule has 12 nitrogen and oxygen atoms in total. The Bertz CT molecular complexity index is 957. The number of hydrogen-bond acceptors (Lipinski definition) is 11. The first-order valence-corrected chi connectivity index (χ1v) is 12.2. The Hall–Kier alpha value is -3.26. The van der Waals surface area contributed by atoms with Crippen LogP contribution in [0.25, 0.3) is 0 Å². The quantitative estimate of drug-likeness (QED) is 0.0773. The maximum absolute atomic E-state index is 13.0. The van der Waals surface area contributed by atoms with E-state index in [1.807, 2.05) is 18.2 Å². The summed E-state index contributed by atoms with van der Waals surface area (Å²) in [5.74, 6) is 0.285. The van der Waals surface area contributed by atoms with Crippen molar-refractivity contribution in [3.05, 3.63) is 54.6 Å². The molecule has 208 valence electrons. The van der Waals surface area contributed by atoms with Crippen LogP contribution in [-0.2, 0) is 23.9 Å². The number of amides is 1. The molecule has 0 aliphatic carbocycles. The second-order valence-corrected chi connectivity index (χ2v) is 7.73. The highest BCUT2D eigenvalue weighted by atomic mass is 17.1. The van der Waals surface area contributed by atoms with E-state index in [9.17, 15) is 4.79 Å². The van der Waals surface area contributed by atoms with Gasteiger partial charge in [-0.15, -0.1) is 0 Å². The Labute approximate surface area is 222 Å². The van der Waals surface area contributed by atoms with E-state index in [1.165, 1.54) is 0 Å². The Morgan fingerprint density at radius 3 is 2.21 bits per heavy atom. The van der Waals surface area contributed by atoms with Crippen LogP contribution in [0.2, 0.25) is 0 Å². The molecule has 1 unspecified atom stereocenters. The summed E-state index contributed by atoms with van der Waals surface area (Å²) < 4.78 is 21.4. The van der Waals surface area contributed by atoms with Gasteiger partial charge in [0.2, 0.25) is 0 Å². The molecule has 3 N–H and O–H groups in total. The third kappa shape index (κ3) is 13.3. The van der Waals surface area contributed by atoms with Crippen molar-refractivity contribution in [1.29, 1.82) is 0 Å². The predicted molar refractivity (Wildman–Crippen MR) is 141 cm³/mol. The maximum atomic E-state index is 13.0. The molecule has 12 heteroatoms. The molecule has 1 atom stereocenters. The number of nitrogens with zero attached hydrogens (tertiary/aromatic N) is 3. The predicted octanol–water partition coefficient (Wildman–Crippen LogP) is 3.15. The lowest BCUT2D eigenvalue weighted by molar-refractivity contribution is -0.249. The summed E-state index contributed by atoms with van der Waals surface area (Å²) in [6.07, 6.45) is 0. The van der Waals surface area contributed by atoms with Crippen LogP contribution in [0.3, 0.4) is 0 Å². The molecule has 2 aromatic rings. The minimum atomic E-state index is -0.929. The van der Waals surface area contributed by atoms with Gasteiger partial charge in [-0.3, -0.25) is 15.0 Å². The summed E-state index contributed by atoms with van der Waals surface area (Å²) in [6, 6.07) is 15.1. The first-order valence-electron chi connectivity index (χ1n) is 12.2. The summed E-state index contributed by atoms with van der Waals surface area (Å²) in [5, 5.41) is 28.3. The highest BCUT2D eigenvalue weighted by molar-refractivity contribution is 6.12. The molecule has 0 saturated carbocycles. The van der Waals surface area contributed by atoms with Crippen molar-refractivity contribution in [2.45, 2.75) is 13.0 Å². The van der Waals surface area contributed by atoms with Crippen LogP contribution in [0.15, 0.2) is 69.8 Å². The maximum Gasteiger partial charge on any atom is 0.256 e. The largest absolute Gasteiger partial charge is 0.491 e. The van der Waals surface area contributed by atoms with Gasteiger partial charge in [-0.25, -0.2) is 4.89 Å². The zero-order valence-corrected chi connectivity index (χ0v) is 21.5. The number of aliphatic imine (C=N–C) groups is 1. The number of aliphatic hydroxyl groups excluding tert-OH is 1. The van der Waals surface area contributed by atoms with E-state index in [-0.39, 0.29) is 25.7 Å². The second kappa shape index (κ2) is 19.8. The smallest absolute Gasteiger partial charge is 0.256 e. The van der Waals surface area contributed by atoms with Crippen molar-refractivity contribution in [3.8, 4) is 5.75 Å². The molecule has 2 rings (SSSR count). The van der Waals surface area contributed by atoms with Crippen LogP contribution in [0, 0.1) is 0 Å². The molecular formula is C26H36N4O8. The molecule has 0 radical (unpaired) electrons. The first kappa shape index (κ1) is 31.0. The van der Waals surface area contributed by atoms with Crippen LogP contribution in [0.5, 0.6) is 5.75 Å². The van der Waals surface area contributed by atoms with Gasteiger partial charge in [-0.05, 0) is 43.3 Å². The number of hydrogen-bond donors (Lipinski definition) is 3. The number of ether oxygens (including phenoxy) is 4. The number of carbonyl (C=O) groups is 1. The molecule has 0 aliphatic rings. The molecule has 1 amide bonds. The van der Waals surface area contributed by atoms with Crippen molar-refractivity contribution in [3.63, 3.8) is 0 Å². The number of aliphatic hydroxyl groups is 1. The Morgan fingerprint density at radius 1 is 0.868 bits per heavy atom. The van der Waals surface area contributed by atoms with Crippen LogP contribution < -0.4 is 10.1 Å². The van der Waals surface area contributed by atoms with E-state index in [0.717, 1.165) is 0 Å². The van der Waals surface area contributed by atoms with E-state index in [4.69, 9.17) is 29.3 Å². The third-order valence-corrected chi connectivity index (χ3v) is 4.83. The van der Waals surface area contributed by atoms with Gasteiger partial charge in [-0.2, -0.15) is 10.2 Å². The van der Waals surface area contributed by atoms with E-state index >= 15 is 0 Å². The van der Waals surface area contributed by atoms with Crippen LogP contribution in [0.4, 0.5) is 11.4 Å². The Morgan fingerprint density at radius 2 is 1.53 bits per heavy atom. The van der Waals surface area contributed by atoms with E-state index in [2.05, 4.69) is 25.4 Å². The normalized spacial score (nSPS) is 12.6. The highest BCUT2D eigenvalue weighted by Gasteiger charge is 2.21. The molecule has 0 aromatic heterocycles. The van der Waals surface area contributed by atoms with Gasteiger partial charge in [0, 0.05) is 11.4 Å². The molecule has 2 aromatic carbocycles. The SMILES string of the molecule is CC(=NCCOCCO)C(N=Nc1ccc(OCCOCCOCCOO)cc1)C(=O)Nc1ccccc1. The molecule has 38 heavy (non-hydrogen) atoms. The second-order valence-electron chi connectivity index (χ2n) is 7.73. The zero-order valence-electron chi connectivity index (χ0n) is 21.5. The van der Waals surface area contributed by atoms with E-state index in [0.29, 0.717) is 69.0 Å². The summed E-state index contributed by atoms with van der Waals surface area (Å²) in [4.78, 5) is 21.3. The number of benzene rings is 2. The van der Waals surface area contributed by atoms with Crippen molar-refractivity contribution in [2.24, 2.45) is 15.2 Å². The summed E-state index contributed by atoms with van der Waals surface area (Å²) in [7, 11) is 0. The summed E-state index contributed by atoms with van der Waals surface area (Å²) in [5.41, 5.74) is 1.68. The summed E-state index contributed by atoms with van der Waals surface area (Å²) in [6.45, 7) is 4.52. The highest BCUT2D eigenvalue weighted by Crippen LogP contribution is 2.19. The fourth-order valence-electron chi connectivity index (χ4n) is 2.97. The molecule has 0 heterocycles. The first-order chi connectivity index (χ1) is 18.6. The van der Waals surface area contributed by atoms with Crippen LogP contribution >= 0.6 is 0 Å². The lowest BCUT2D eigenvalue weighted by atomic mass is 10.2. The molecule has 0 bridgehead atoms. The molecule has 0 fully saturated rings. The number of carbonyl (C=O) groups excluding carboxylic acids is 1. The van der Waals surface area contributed by atoms with E-state index < -0.39 is 6.04 Å². The van der Waals surface area contributed by atoms with Gasteiger partial charge < -0.3 is 29.4 Å². The number of azo groups is 1. The Kier molecular flexibility index (Phi) is 16.1. The Balaban J connectivity index is 1.89. The lowest BCUT2D eigenvalue weighted by Crippen LogP contribution is -2.32. The van der Waals surface area contributed by atoms with Crippen LogP contribution in [0.1, 0.15) is 6.92 Å². The zero-order chi connectivity index (χ0) is 27.3. The minimum Gasteiger partial charge on any atom is -0.491 e. The van der Waals surface area contributed by atoms with Gasteiger partial charge in [0.15, 0.2) is 6.04 Å². The minimum absolute atomic E-state index is 0.0602. The molecule has 0 aliphatic heterocycles. The van der Waals surface area contributed by atoms with Gasteiger partial charge in [0.25, 0.3) is 5.91 Å². The number of nitrogens with one attached hydrogen (secondary N) is 1. The van der Waals surface area contributed by atoms with Crippen molar-refractivity contribution in [2.75, 3.05) is 71.3 Å². The standard InChI is InChI=1S/C26H36N4O8/c1-21(27-11-13-34-14-12-31)25(26(32)28-22-5-3-2-4-6-22)30-29-23-7-9-24(10-8-23)37-19-17-35-15-16-36-18-20-38-33/h2-10,25,31,33H,11-20H2,1H3,(H,28,32). The molecule has 0 saturated heterocycles. The number of anilines is 1. The fraction of sp³-hybridized carbons (Fsp3) is 0.462. The third-order valence-electron chi connectivity index (χ3n) is 4.83. The van der Waals surface area contributed by atoms with Gasteiger partial charge >= 0.3 is 0 Å². The van der Waals surface area contributed by atoms with E-state index in [1.54, 1.807) is 43.3 Å². The number of para-hydroxylation sites is 1. The van der Waals surface area contributed by atoms with Crippen molar-refractivity contribution < 1.29 is 39.0 Å². The lowest BCUT2D eigenvalue weighted by Gasteiger charge is -2.12. The number of rotatable bonds is 20. The van der Waals surface area contributed by atoms with Crippen molar-refractivity contribution in [1.82, 2.24) is 0 Å². The average Bonchev–Trinajstić information content (AvgIpc) is 2.93. The monoisotopic (exact) mass is 532 g/mol. The van der Waals surface area contributed by atoms with Gasteiger partial charge in [0.05, 0.1) is 58.5 Å². The average molecular weight is 533 g/mol. The summed E-state index contributed by atoms with van der Waals surface area (Å²) >= 11 is 0. The molecular weight excluding hydrogens is 496 g/mol. The topological polar surface area (TPSA) is 153 Å².